The van der Waals surface area contributed by atoms with E-state index in [1.165, 1.54) is 0 Å². The van der Waals surface area contributed by atoms with Gasteiger partial charge < -0.3 is 25.4 Å². The van der Waals surface area contributed by atoms with E-state index in [0.717, 1.165) is 32.7 Å². The van der Waals surface area contributed by atoms with Crippen LogP contribution in [0.5, 0.6) is 0 Å². The van der Waals surface area contributed by atoms with E-state index < -0.39 is 0 Å². The van der Waals surface area contributed by atoms with Crippen molar-refractivity contribution in [3.8, 4) is 0 Å². The Morgan fingerprint density at radius 2 is 1.87 bits per heavy atom. The number of halogens is 1. The maximum absolute atomic E-state index is 11.6. The van der Waals surface area contributed by atoms with E-state index in [9.17, 15) is 4.79 Å². The molecule has 0 saturated carbocycles. The van der Waals surface area contributed by atoms with Crippen LogP contribution in [0.15, 0.2) is 4.99 Å². The molecule has 23 heavy (non-hydrogen) atoms. The van der Waals surface area contributed by atoms with E-state index >= 15 is 0 Å². The highest BCUT2D eigenvalue weighted by molar-refractivity contribution is 14.0. The van der Waals surface area contributed by atoms with Crippen LogP contribution >= 0.6 is 24.0 Å². The quantitative estimate of drug-likeness (QED) is 0.181. The van der Waals surface area contributed by atoms with Crippen LogP contribution in [-0.4, -0.2) is 65.0 Å². The molecule has 0 aromatic heterocycles. The highest BCUT2D eigenvalue weighted by Gasteiger charge is 2.01. The predicted molar refractivity (Wildman–Crippen MR) is 105 cm³/mol. The van der Waals surface area contributed by atoms with Crippen molar-refractivity contribution in [2.24, 2.45) is 10.9 Å². The van der Waals surface area contributed by atoms with Crippen LogP contribution in [0.3, 0.4) is 0 Å². The van der Waals surface area contributed by atoms with Gasteiger partial charge in [0.25, 0.3) is 0 Å². The second-order valence-electron chi connectivity index (χ2n) is 5.29. The minimum absolute atomic E-state index is 0. The average Bonchev–Trinajstić information content (AvgIpc) is 2.48. The maximum Gasteiger partial charge on any atom is 0.241 e. The first-order chi connectivity index (χ1) is 10.6. The van der Waals surface area contributed by atoms with Crippen molar-refractivity contribution in [1.82, 2.24) is 16.0 Å². The topological polar surface area (TPSA) is 84.0 Å². The maximum atomic E-state index is 11.6. The summed E-state index contributed by atoms with van der Waals surface area (Å²) in [4.78, 5) is 15.8. The monoisotopic (exact) mass is 444 g/mol. The van der Waals surface area contributed by atoms with Gasteiger partial charge in [-0.3, -0.25) is 4.79 Å². The number of rotatable bonds is 12. The van der Waals surface area contributed by atoms with Crippen LogP contribution in [0, 0.1) is 5.92 Å². The molecule has 0 heterocycles. The Balaban J connectivity index is 0. The molecule has 0 rings (SSSR count). The lowest BCUT2D eigenvalue weighted by Crippen LogP contribution is -2.39. The van der Waals surface area contributed by atoms with Gasteiger partial charge in [0.1, 0.15) is 6.54 Å². The summed E-state index contributed by atoms with van der Waals surface area (Å²) in [6, 6.07) is 0. The lowest BCUT2D eigenvalue weighted by Gasteiger charge is -2.12. The van der Waals surface area contributed by atoms with Crippen molar-refractivity contribution in [2.75, 3.05) is 53.1 Å². The highest BCUT2D eigenvalue weighted by atomic mass is 127. The number of carbonyl (C=O) groups is 1. The van der Waals surface area contributed by atoms with E-state index in [0.29, 0.717) is 25.0 Å². The van der Waals surface area contributed by atoms with Gasteiger partial charge in [0.2, 0.25) is 5.91 Å². The summed E-state index contributed by atoms with van der Waals surface area (Å²) in [6.45, 7) is 10.4. The van der Waals surface area contributed by atoms with E-state index in [4.69, 9.17) is 9.47 Å². The fourth-order valence-electron chi connectivity index (χ4n) is 1.54. The first kappa shape index (κ1) is 24.6. The fourth-order valence-corrected chi connectivity index (χ4v) is 1.54. The van der Waals surface area contributed by atoms with Gasteiger partial charge in [-0.25, -0.2) is 4.99 Å². The molecule has 0 fully saturated rings. The Kier molecular flexibility index (Phi) is 19.0. The van der Waals surface area contributed by atoms with Crippen LogP contribution in [0.4, 0.5) is 0 Å². The molecule has 0 spiro atoms. The van der Waals surface area contributed by atoms with Crippen LogP contribution in [0.2, 0.25) is 0 Å². The van der Waals surface area contributed by atoms with Crippen molar-refractivity contribution in [3.05, 3.63) is 0 Å². The fraction of sp³-hybridized carbons (Fsp3) is 0.867. The summed E-state index contributed by atoms with van der Waals surface area (Å²) >= 11 is 0. The molecule has 0 aliphatic rings. The molecule has 0 aromatic carbocycles. The van der Waals surface area contributed by atoms with E-state index in [1.807, 2.05) is 6.92 Å². The second kappa shape index (κ2) is 17.7. The van der Waals surface area contributed by atoms with Crippen LogP contribution < -0.4 is 16.0 Å². The molecule has 0 atom stereocenters. The molecule has 0 unspecified atom stereocenters. The lowest BCUT2D eigenvalue weighted by atomic mass is 10.2. The SMILES string of the molecule is CCNC(=NCC(=O)NCCOC)NCCCOCC(C)C.I. The van der Waals surface area contributed by atoms with E-state index in [1.54, 1.807) is 7.11 Å². The number of nitrogens with zero attached hydrogens (tertiary/aromatic N) is 1. The van der Waals surface area contributed by atoms with Gasteiger partial charge in [0.15, 0.2) is 5.96 Å². The molecule has 8 heteroatoms. The Bertz CT molecular complexity index is 315. The molecule has 0 aliphatic heterocycles. The van der Waals surface area contributed by atoms with Crippen molar-refractivity contribution in [2.45, 2.75) is 27.2 Å². The van der Waals surface area contributed by atoms with Crippen LogP contribution in [-0.2, 0) is 14.3 Å². The minimum Gasteiger partial charge on any atom is -0.383 e. The molecule has 3 N–H and O–H groups in total. The van der Waals surface area contributed by atoms with Crippen molar-refractivity contribution in [1.29, 1.82) is 0 Å². The third-order valence-electron chi connectivity index (χ3n) is 2.56. The largest absolute Gasteiger partial charge is 0.383 e. The Labute approximate surface area is 157 Å². The molecule has 0 bridgehead atoms. The summed E-state index contributed by atoms with van der Waals surface area (Å²) in [5.41, 5.74) is 0. The molecule has 0 aromatic rings. The van der Waals surface area contributed by atoms with Gasteiger partial charge in [0.05, 0.1) is 6.61 Å². The first-order valence-corrected chi connectivity index (χ1v) is 7.95. The van der Waals surface area contributed by atoms with Gasteiger partial charge in [-0.2, -0.15) is 0 Å². The van der Waals surface area contributed by atoms with Gasteiger partial charge in [0, 0.05) is 40.0 Å². The number of ether oxygens (including phenoxy) is 2. The van der Waals surface area contributed by atoms with Crippen LogP contribution in [0.25, 0.3) is 0 Å². The Morgan fingerprint density at radius 3 is 2.48 bits per heavy atom. The Morgan fingerprint density at radius 1 is 1.13 bits per heavy atom. The molecule has 7 nitrogen and oxygen atoms in total. The molecular weight excluding hydrogens is 411 g/mol. The summed E-state index contributed by atoms with van der Waals surface area (Å²) in [5, 5.41) is 9.02. The van der Waals surface area contributed by atoms with E-state index in [-0.39, 0.29) is 36.4 Å². The average molecular weight is 444 g/mol. The zero-order valence-electron chi connectivity index (χ0n) is 14.8. The minimum atomic E-state index is -0.116. The molecule has 1 amide bonds. The standard InChI is InChI=1S/C15H32N4O3.HI/c1-5-16-15(18-7-6-9-22-12-13(2)3)19-11-14(20)17-8-10-21-4;/h13H,5-12H2,1-4H3,(H,17,20)(H2,16,18,19);1H. The zero-order valence-corrected chi connectivity index (χ0v) is 17.1. The number of methoxy groups -OCH3 is 1. The molecule has 138 valence electrons. The molecular formula is C15H33IN4O3. The number of guanidine groups is 1. The first-order valence-electron chi connectivity index (χ1n) is 7.95. The van der Waals surface area contributed by atoms with Crippen molar-refractivity contribution in [3.63, 3.8) is 0 Å². The van der Waals surface area contributed by atoms with Crippen LogP contribution in [0.1, 0.15) is 27.2 Å². The van der Waals surface area contributed by atoms with Crippen molar-refractivity contribution >= 4 is 35.8 Å². The van der Waals surface area contributed by atoms with Gasteiger partial charge in [-0.05, 0) is 19.3 Å². The lowest BCUT2D eigenvalue weighted by molar-refractivity contribution is -0.119. The number of carbonyl (C=O) groups excluding carboxylic acids is 1. The number of nitrogens with one attached hydrogen (secondary N) is 3. The van der Waals surface area contributed by atoms with Gasteiger partial charge in [-0.1, -0.05) is 13.8 Å². The smallest absolute Gasteiger partial charge is 0.241 e. The zero-order chi connectivity index (χ0) is 16.6. The van der Waals surface area contributed by atoms with Gasteiger partial charge >= 0.3 is 0 Å². The van der Waals surface area contributed by atoms with Gasteiger partial charge in [-0.15, -0.1) is 24.0 Å². The molecule has 0 saturated heterocycles. The second-order valence-corrected chi connectivity index (χ2v) is 5.29. The third-order valence-corrected chi connectivity index (χ3v) is 2.56. The molecule has 0 radical (unpaired) electrons. The third kappa shape index (κ3) is 17.6. The number of hydrogen-bond acceptors (Lipinski definition) is 4. The summed E-state index contributed by atoms with van der Waals surface area (Å²) < 4.78 is 10.4. The molecule has 0 aliphatic carbocycles. The highest BCUT2D eigenvalue weighted by Crippen LogP contribution is 1.92. The summed E-state index contributed by atoms with van der Waals surface area (Å²) in [6.07, 6.45) is 0.900. The number of aliphatic imine (C=N–C) groups is 1. The summed E-state index contributed by atoms with van der Waals surface area (Å²) in [7, 11) is 1.60. The normalized spacial score (nSPS) is 11.1. The number of amides is 1. The van der Waals surface area contributed by atoms with E-state index in [2.05, 4.69) is 34.8 Å². The summed E-state index contributed by atoms with van der Waals surface area (Å²) in [5.74, 6) is 1.09. The number of hydrogen-bond donors (Lipinski definition) is 3. The Hall–Kier alpha value is -0.610. The predicted octanol–water partition coefficient (Wildman–Crippen LogP) is 0.985. The van der Waals surface area contributed by atoms with Crippen molar-refractivity contribution < 1.29 is 14.3 Å².